The second kappa shape index (κ2) is 6.71. The van der Waals surface area contributed by atoms with Crippen LogP contribution in [-0.2, 0) is 0 Å². The van der Waals surface area contributed by atoms with Gasteiger partial charge in [0.25, 0.3) is 0 Å². The molecule has 8 bridgehead atoms. The minimum absolute atomic E-state index is 0.543. The standard InChI is InChI=1S/C26H14N4/c1-4-21-22(5-2)26-23(6-3)24-12-11-19(29-24)14-18-8-7-16(27-18)13-17-9-10-20(28-17)15-25(21)30-26/h1-3,7-15,27,30H. The topological polar surface area (TPSA) is 57.4 Å². The van der Waals surface area contributed by atoms with E-state index in [0.717, 1.165) is 28.1 Å². The minimum Gasteiger partial charge on any atom is -0.355 e. The van der Waals surface area contributed by atoms with Gasteiger partial charge in [-0.1, -0.05) is 17.8 Å². The summed E-state index contributed by atoms with van der Waals surface area (Å²) in [5.41, 5.74) is 7.87. The Morgan fingerprint density at radius 1 is 0.633 bits per heavy atom. The van der Waals surface area contributed by atoms with Crippen molar-refractivity contribution in [1.82, 2.24) is 19.9 Å². The first-order valence-corrected chi connectivity index (χ1v) is 9.22. The van der Waals surface area contributed by atoms with Crippen LogP contribution >= 0.6 is 0 Å². The van der Waals surface area contributed by atoms with Crippen LogP contribution in [0.5, 0.6) is 0 Å². The van der Waals surface area contributed by atoms with E-state index in [4.69, 9.17) is 19.3 Å². The summed E-state index contributed by atoms with van der Waals surface area (Å²) in [6.45, 7) is 0. The van der Waals surface area contributed by atoms with Crippen molar-refractivity contribution < 1.29 is 0 Å². The van der Waals surface area contributed by atoms with Crippen LogP contribution in [0.15, 0.2) is 30.3 Å². The molecule has 0 fully saturated rings. The maximum atomic E-state index is 5.86. The lowest BCUT2D eigenvalue weighted by atomic mass is 10.1. The number of fused-ring (bicyclic) bond motifs is 8. The van der Waals surface area contributed by atoms with Gasteiger partial charge in [-0.2, -0.15) is 0 Å². The second-order valence-corrected chi connectivity index (χ2v) is 6.82. The van der Waals surface area contributed by atoms with Gasteiger partial charge in [-0.15, -0.1) is 19.3 Å². The lowest BCUT2D eigenvalue weighted by Gasteiger charge is -1.94. The molecule has 2 aliphatic heterocycles. The Morgan fingerprint density at radius 2 is 1.23 bits per heavy atom. The Kier molecular flexibility index (Phi) is 3.89. The Labute approximate surface area is 173 Å². The van der Waals surface area contributed by atoms with Crippen LogP contribution in [0.1, 0.15) is 39.5 Å². The number of hydrogen-bond donors (Lipinski definition) is 2. The molecule has 2 aliphatic rings. The van der Waals surface area contributed by atoms with E-state index in [0.29, 0.717) is 33.4 Å². The third-order valence-electron chi connectivity index (χ3n) is 4.94. The summed E-state index contributed by atoms with van der Waals surface area (Å²) in [5.74, 6) is 8.10. The fourth-order valence-electron chi connectivity index (χ4n) is 3.60. The van der Waals surface area contributed by atoms with Crippen LogP contribution in [0.25, 0.3) is 46.4 Å². The molecule has 0 unspecified atom stereocenters. The fraction of sp³-hybridized carbons (Fsp3) is 0. The normalized spacial score (nSPS) is 11.6. The van der Waals surface area contributed by atoms with Crippen LogP contribution < -0.4 is 0 Å². The highest BCUT2D eigenvalue weighted by Crippen LogP contribution is 2.26. The molecule has 2 N–H and O–H groups in total. The molecule has 3 aromatic rings. The average Bonchev–Trinajstić information content (AvgIpc) is 3.52. The molecule has 0 saturated heterocycles. The van der Waals surface area contributed by atoms with E-state index < -0.39 is 0 Å². The van der Waals surface area contributed by atoms with Crippen molar-refractivity contribution in [3.8, 4) is 37.0 Å². The van der Waals surface area contributed by atoms with Gasteiger partial charge in [0, 0.05) is 11.0 Å². The molecule has 0 amide bonds. The number of nitrogens with one attached hydrogen (secondary N) is 2. The first-order chi connectivity index (χ1) is 14.7. The van der Waals surface area contributed by atoms with Crippen molar-refractivity contribution in [2.24, 2.45) is 0 Å². The molecule has 5 heterocycles. The van der Waals surface area contributed by atoms with E-state index in [1.807, 2.05) is 54.6 Å². The van der Waals surface area contributed by atoms with E-state index in [-0.39, 0.29) is 0 Å². The Bertz CT molecular complexity index is 1570. The molecule has 5 rings (SSSR count). The van der Waals surface area contributed by atoms with Gasteiger partial charge in [-0.3, -0.25) is 0 Å². The molecule has 0 spiro atoms. The zero-order valence-electron chi connectivity index (χ0n) is 15.8. The molecule has 0 aromatic carbocycles. The zero-order valence-corrected chi connectivity index (χ0v) is 15.8. The highest BCUT2D eigenvalue weighted by atomic mass is 14.8. The summed E-state index contributed by atoms with van der Waals surface area (Å²) in [4.78, 5) is 16.0. The van der Waals surface area contributed by atoms with Crippen LogP contribution in [0.2, 0.25) is 0 Å². The third-order valence-corrected chi connectivity index (χ3v) is 4.94. The van der Waals surface area contributed by atoms with Crippen LogP contribution in [0.4, 0.5) is 0 Å². The van der Waals surface area contributed by atoms with E-state index in [9.17, 15) is 0 Å². The van der Waals surface area contributed by atoms with Crippen molar-refractivity contribution in [2.75, 3.05) is 0 Å². The fourth-order valence-corrected chi connectivity index (χ4v) is 3.60. The number of hydrogen-bond acceptors (Lipinski definition) is 2. The third kappa shape index (κ3) is 2.80. The van der Waals surface area contributed by atoms with Crippen molar-refractivity contribution in [1.29, 1.82) is 0 Å². The molecular weight excluding hydrogens is 368 g/mol. The lowest BCUT2D eigenvalue weighted by Crippen LogP contribution is -1.86. The smallest absolute Gasteiger partial charge is 0.0815 e. The zero-order chi connectivity index (χ0) is 20.7. The van der Waals surface area contributed by atoms with Gasteiger partial charge < -0.3 is 9.97 Å². The Morgan fingerprint density at radius 3 is 1.90 bits per heavy atom. The number of aromatic amines is 2. The number of rotatable bonds is 0. The molecule has 0 aliphatic carbocycles. The number of aromatic nitrogens is 4. The van der Waals surface area contributed by atoms with Crippen LogP contribution in [-0.4, -0.2) is 19.9 Å². The number of nitrogens with zero attached hydrogens (tertiary/aromatic N) is 2. The molecule has 4 heteroatoms. The molecule has 0 atom stereocenters. The van der Waals surface area contributed by atoms with E-state index in [1.54, 1.807) is 0 Å². The van der Waals surface area contributed by atoms with Crippen LogP contribution in [0, 0.1) is 37.0 Å². The van der Waals surface area contributed by atoms with E-state index >= 15 is 0 Å². The van der Waals surface area contributed by atoms with Crippen molar-refractivity contribution in [3.05, 3.63) is 69.8 Å². The van der Waals surface area contributed by atoms with Crippen LogP contribution in [0.3, 0.4) is 0 Å². The molecule has 0 radical (unpaired) electrons. The SMILES string of the molecule is C#Cc1c(C#C)c2[nH]c1cc1nc(cc3ccc(cc4nc(c2C#C)C=C4)[nH]3)C=C1. The average molecular weight is 382 g/mol. The van der Waals surface area contributed by atoms with E-state index in [2.05, 4.69) is 37.7 Å². The van der Waals surface area contributed by atoms with Gasteiger partial charge >= 0.3 is 0 Å². The van der Waals surface area contributed by atoms with Gasteiger partial charge in [0.2, 0.25) is 0 Å². The first kappa shape index (κ1) is 17.4. The van der Waals surface area contributed by atoms with Crippen molar-refractivity contribution in [3.63, 3.8) is 0 Å². The second-order valence-electron chi connectivity index (χ2n) is 6.82. The molecule has 3 aromatic heterocycles. The van der Waals surface area contributed by atoms with Crippen molar-refractivity contribution in [2.45, 2.75) is 0 Å². The lowest BCUT2D eigenvalue weighted by molar-refractivity contribution is 1.30. The van der Waals surface area contributed by atoms with Gasteiger partial charge in [0.05, 0.1) is 50.5 Å². The highest BCUT2D eigenvalue weighted by Gasteiger charge is 2.14. The summed E-state index contributed by atoms with van der Waals surface area (Å²) in [6, 6.07) is 9.79. The molecule has 4 nitrogen and oxygen atoms in total. The predicted molar refractivity (Wildman–Crippen MR) is 123 cm³/mol. The van der Waals surface area contributed by atoms with E-state index in [1.165, 1.54) is 0 Å². The summed E-state index contributed by atoms with van der Waals surface area (Å²) in [7, 11) is 0. The summed E-state index contributed by atoms with van der Waals surface area (Å²) < 4.78 is 0. The first-order valence-electron chi connectivity index (χ1n) is 9.22. The van der Waals surface area contributed by atoms with Gasteiger partial charge in [0.1, 0.15) is 0 Å². The predicted octanol–water partition coefficient (Wildman–Crippen LogP) is 4.60. The molecule has 138 valence electrons. The largest absolute Gasteiger partial charge is 0.355 e. The van der Waals surface area contributed by atoms with Crippen molar-refractivity contribution >= 4 is 46.4 Å². The Balaban J connectivity index is 2.00. The molecule has 0 saturated carbocycles. The Hall–Kier alpha value is -4.72. The quantitative estimate of drug-likeness (QED) is 0.385. The summed E-state index contributed by atoms with van der Waals surface area (Å²) >= 11 is 0. The van der Waals surface area contributed by atoms with Gasteiger partial charge in [-0.25, -0.2) is 9.97 Å². The minimum atomic E-state index is 0.543. The molecular formula is C26H14N4. The molecule has 30 heavy (non-hydrogen) atoms. The monoisotopic (exact) mass is 382 g/mol. The number of H-pyrrole nitrogens is 2. The number of terminal acetylenes is 3. The maximum absolute atomic E-state index is 5.86. The summed E-state index contributed by atoms with van der Waals surface area (Å²) in [6.07, 6.45) is 25.1. The summed E-state index contributed by atoms with van der Waals surface area (Å²) in [5, 5.41) is 0. The van der Waals surface area contributed by atoms with Gasteiger partial charge in [0.15, 0.2) is 0 Å². The highest BCUT2D eigenvalue weighted by molar-refractivity contribution is 5.88. The maximum Gasteiger partial charge on any atom is 0.0815 e. The van der Waals surface area contributed by atoms with Gasteiger partial charge in [-0.05, 0) is 54.6 Å².